The molecule has 0 N–H and O–H groups in total. The van der Waals surface area contributed by atoms with Gasteiger partial charge in [-0.05, 0) is 56.4 Å². The van der Waals surface area contributed by atoms with E-state index in [0.29, 0.717) is 5.88 Å². The summed E-state index contributed by atoms with van der Waals surface area (Å²) >= 11 is 0. The number of carbonyl (C=O) groups excluding carboxylic acids is 1. The number of hydrogen-bond donors (Lipinski definition) is 0. The Kier molecular flexibility index (Phi) is 6.61. The number of likely N-dealkylation sites (tertiary alicyclic amines) is 1. The lowest BCUT2D eigenvalue weighted by atomic mass is 9.78. The van der Waals surface area contributed by atoms with Gasteiger partial charge in [-0.15, -0.1) is 0 Å². The van der Waals surface area contributed by atoms with Gasteiger partial charge in [-0.25, -0.2) is 15.0 Å². The normalized spacial score (nSPS) is 18.3. The molecule has 182 valence electrons. The van der Waals surface area contributed by atoms with Crippen LogP contribution in [0.2, 0.25) is 0 Å². The van der Waals surface area contributed by atoms with Gasteiger partial charge in [-0.3, -0.25) is 9.78 Å². The number of piperidine rings is 2. The van der Waals surface area contributed by atoms with Crippen LogP contribution in [0.3, 0.4) is 0 Å². The average molecular weight is 473 g/mol. The Morgan fingerprint density at radius 3 is 2.37 bits per heavy atom. The zero-order chi connectivity index (χ0) is 24.3. The predicted molar refractivity (Wildman–Crippen MR) is 133 cm³/mol. The number of aromatic nitrogens is 4. The highest BCUT2D eigenvalue weighted by atomic mass is 16.5. The van der Waals surface area contributed by atoms with Crippen molar-refractivity contribution in [2.45, 2.75) is 45.4 Å². The Bertz CT molecular complexity index is 1160. The summed E-state index contributed by atoms with van der Waals surface area (Å²) < 4.78 is 6.11. The van der Waals surface area contributed by atoms with Crippen molar-refractivity contribution in [1.82, 2.24) is 24.8 Å². The minimum Gasteiger partial charge on any atom is -0.437 e. The molecular weight excluding hydrogens is 440 g/mol. The maximum atomic E-state index is 13.5. The summed E-state index contributed by atoms with van der Waals surface area (Å²) in [4.78, 5) is 35.5. The molecule has 4 heterocycles. The van der Waals surface area contributed by atoms with Crippen molar-refractivity contribution in [2.75, 3.05) is 31.1 Å². The number of anilines is 1. The lowest BCUT2D eigenvalue weighted by molar-refractivity contribution is -0.143. The second-order valence-electron chi connectivity index (χ2n) is 9.83. The van der Waals surface area contributed by atoms with Crippen LogP contribution in [0, 0.1) is 12.3 Å². The van der Waals surface area contributed by atoms with Crippen molar-refractivity contribution in [3.8, 4) is 11.6 Å². The van der Waals surface area contributed by atoms with Gasteiger partial charge in [0.2, 0.25) is 17.7 Å². The van der Waals surface area contributed by atoms with Gasteiger partial charge in [0.05, 0.1) is 0 Å². The first-order valence-corrected chi connectivity index (χ1v) is 12.4. The number of benzene rings is 1. The lowest BCUT2D eigenvalue weighted by Gasteiger charge is -2.42. The summed E-state index contributed by atoms with van der Waals surface area (Å²) in [6, 6.07) is 9.77. The van der Waals surface area contributed by atoms with Crippen molar-refractivity contribution in [1.29, 1.82) is 0 Å². The number of carbonyl (C=O) groups is 1. The highest BCUT2D eigenvalue weighted by Gasteiger charge is 2.41. The molecule has 1 amide bonds. The molecule has 8 nitrogen and oxygen atoms in total. The molecule has 35 heavy (non-hydrogen) atoms. The van der Waals surface area contributed by atoms with Crippen LogP contribution >= 0.6 is 0 Å². The van der Waals surface area contributed by atoms with Crippen molar-refractivity contribution in [2.24, 2.45) is 5.41 Å². The molecule has 2 aromatic heterocycles. The van der Waals surface area contributed by atoms with E-state index >= 15 is 0 Å². The van der Waals surface area contributed by atoms with Crippen LogP contribution < -0.4 is 9.64 Å². The smallest absolute Gasteiger partial charge is 0.241 e. The molecule has 2 aliphatic rings. The van der Waals surface area contributed by atoms with Gasteiger partial charge in [0.15, 0.2) is 0 Å². The summed E-state index contributed by atoms with van der Waals surface area (Å²) in [7, 11) is 0. The Morgan fingerprint density at radius 1 is 0.943 bits per heavy atom. The summed E-state index contributed by atoms with van der Waals surface area (Å²) in [5.74, 6) is 2.55. The fraction of sp³-hybridized carbons (Fsp3) is 0.444. The zero-order valence-corrected chi connectivity index (χ0v) is 20.4. The number of rotatable bonds is 5. The number of ether oxygens (including phenoxy) is 1. The predicted octanol–water partition coefficient (Wildman–Crippen LogP) is 4.38. The van der Waals surface area contributed by atoms with Crippen molar-refractivity contribution >= 4 is 11.9 Å². The van der Waals surface area contributed by atoms with E-state index in [1.165, 1.54) is 0 Å². The van der Waals surface area contributed by atoms with Gasteiger partial charge in [-0.2, -0.15) is 0 Å². The third kappa shape index (κ3) is 5.11. The molecule has 2 saturated heterocycles. The third-order valence-corrected chi connectivity index (χ3v) is 7.28. The van der Waals surface area contributed by atoms with Crippen LogP contribution in [-0.2, 0) is 4.79 Å². The molecule has 0 radical (unpaired) electrons. The standard InChI is InChI=1S/C27H32N6O2/c1-20-5-3-6-22(19-20)35-24-23(28-13-14-29-24)21-7-15-32(16-8-21)25(34)27(2)9-17-33(18-10-27)26-30-11-4-12-31-26/h3-6,11-14,19,21H,7-10,15-18H2,1-2H3. The van der Waals surface area contributed by atoms with Crippen LogP contribution in [-0.4, -0.2) is 56.9 Å². The quantitative estimate of drug-likeness (QED) is 0.545. The molecule has 1 aromatic carbocycles. The summed E-state index contributed by atoms with van der Waals surface area (Å²) in [5, 5.41) is 0. The zero-order valence-electron chi connectivity index (χ0n) is 20.4. The lowest BCUT2D eigenvalue weighted by Crippen LogP contribution is -2.51. The van der Waals surface area contributed by atoms with E-state index in [4.69, 9.17) is 4.74 Å². The largest absolute Gasteiger partial charge is 0.437 e. The molecule has 2 aliphatic heterocycles. The van der Waals surface area contributed by atoms with Gasteiger partial charge in [-0.1, -0.05) is 19.1 Å². The van der Waals surface area contributed by atoms with Gasteiger partial charge in [0, 0.05) is 62.3 Å². The third-order valence-electron chi connectivity index (χ3n) is 7.28. The van der Waals surface area contributed by atoms with Gasteiger partial charge >= 0.3 is 0 Å². The van der Waals surface area contributed by atoms with E-state index in [-0.39, 0.29) is 17.2 Å². The van der Waals surface area contributed by atoms with Crippen LogP contribution in [0.4, 0.5) is 5.95 Å². The number of aryl methyl sites for hydroxylation is 1. The minimum absolute atomic E-state index is 0.220. The number of hydrogen-bond acceptors (Lipinski definition) is 7. The fourth-order valence-electron chi connectivity index (χ4n) is 5.09. The molecule has 0 atom stereocenters. The highest BCUT2D eigenvalue weighted by Crippen LogP contribution is 2.38. The maximum absolute atomic E-state index is 13.5. The molecule has 8 heteroatoms. The first-order chi connectivity index (χ1) is 17.0. The van der Waals surface area contributed by atoms with Crippen LogP contribution in [0.5, 0.6) is 11.6 Å². The van der Waals surface area contributed by atoms with Gasteiger partial charge in [0.25, 0.3) is 0 Å². The molecule has 0 saturated carbocycles. The van der Waals surface area contributed by atoms with Crippen LogP contribution in [0.15, 0.2) is 55.1 Å². The van der Waals surface area contributed by atoms with Crippen LogP contribution in [0.1, 0.15) is 49.8 Å². The van der Waals surface area contributed by atoms with Crippen molar-refractivity contribution < 1.29 is 9.53 Å². The van der Waals surface area contributed by atoms with Crippen molar-refractivity contribution in [3.63, 3.8) is 0 Å². The van der Waals surface area contributed by atoms with E-state index in [9.17, 15) is 4.79 Å². The molecule has 5 rings (SSSR count). The maximum Gasteiger partial charge on any atom is 0.241 e. The van der Waals surface area contributed by atoms with E-state index in [2.05, 4.69) is 31.8 Å². The van der Waals surface area contributed by atoms with Crippen LogP contribution in [0.25, 0.3) is 0 Å². The average Bonchev–Trinajstić information content (AvgIpc) is 2.90. The van der Waals surface area contributed by atoms with E-state index in [1.807, 2.05) is 42.2 Å². The molecule has 0 unspecified atom stereocenters. The minimum atomic E-state index is -0.343. The highest BCUT2D eigenvalue weighted by molar-refractivity contribution is 5.82. The fourth-order valence-corrected chi connectivity index (χ4v) is 5.09. The number of amides is 1. The molecule has 0 bridgehead atoms. The van der Waals surface area contributed by atoms with Gasteiger partial charge in [0.1, 0.15) is 11.4 Å². The Balaban J connectivity index is 1.20. The molecule has 2 fully saturated rings. The van der Waals surface area contributed by atoms with E-state index in [0.717, 1.165) is 74.8 Å². The monoisotopic (exact) mass is 472 g/mol. The topological polar surface area (TPSA) is 84.3 Å². The first kappa shape index (κ1) is 23.2. The second-order valence-corrected chi connectivity index (χ2v) is 9.83. The van der Waals surface area contributed by atoms with E-state index < -0.39 is 0 Å². The molecule has 3 aromatic rings. The number of nitrogens with zero attached hydrogens (tertiary/aromatic N) is 6. The second kappa shape index (κ2) is 9.98. The SMILES string of the molecule is Cc1cccc(Oc2nccnc2C2CCN(C(=O)C3(C)CCN(c4ncccn4)CC3)CC2)c1. The Labute approximate surface area is 206 Å². The Hall–Kier alpha value is -3.55. The van der Waals surface area contributed by atoms with E-state index in [1.54, 1.807) is 24.8 Å². The summed E-state index contributed by atoms with van der Waals surface area (Å²) in [6.07, 6.45) is 10.2. The first-order valence-electron chi connectivity index (χ1n) is 12.4. The summed E-state index contributed by atoms with van der Waals surface area (Å²) in [5.41, 5.74) is 1.67. The molecule has 0 aliphatic carbocycles. The summed E-state index contributed by atoms with van der Waals surface area (Å²) in [6.45, 7) is 7.19. The van der Waals surface area contributed by atoms with Crippen molar-refractivity contribution in [3.05, 3.63) is 66.4 Å². The molecular formula is C27H32N6O2. The van der Waals surface area contributed by atoms with Gasteiger partial charge < -0.3 is 14.5 Å². The molecule has 0 spiro atoms. The Morgan fingerprint density at radius 2 is 1.66 bits per heavy atom.